The number of hydrogen-bond donors (Lipinski definition) is 3. The fourth-order valence-corrected chi connectivity index (χ4v) is 1.40. The van der Waals surface area contributed by atoms with Gasteiger partial charge in [-0.25, -0.2) is 4.79 Å². The van der Waals surface area contributed by atoms with Crippen molar-refractivity contribution in [2.45, 2.75) is 20.0 Å². The molecule has 0 aliphatic heterocycles. The third-order valence-corrected chi connectivity index (χ3v) is 2.41. The first-order valence-corrected chi connectivity index (χ1v) is 6.11. The Morgan fingerprint density at radius 3 is 2.37 bits per heavy atom. The van der Waals surface area contributed by atoms with Gasteiger partial charge in [0.05, 0.1) is 6.61 Å². The van der Waals surface area contributed by atoms with Gasteiger partial charge in [0.1, 0.15) is 6.54 Å². The lowest BCUT2D eigenvalue weighted by molar-refractivity contribution is -0.141. The van der Waals surface area contributed by atoms with Crippen molar-refractivity contribution in [2.24, 2.45) is 5.73 Å². The van der Waals surface area contributed by atoms with E-state index in [-0.39, 0.29) is 6.54 Å². The second kappa shape index (κ2) is 8.10. The van der Waals surface area contributed by atoms with Crippen LogP contribution in [0.3, 0.4) is 0 Å². The first kappa shape index (κ1) is 15.0. The van der Waals surface area contributed by atoms with E-state index in [2.05, 4.69) is 15.4 Å². The number of benzene rings is 1. The maximum atomic E-state index is 11.4. The molecule has 6 nitrogen and oxygen atoms in total. The highest BCUT2D eigenvalue weighted by atomic mass is 16.5. The number of ether oxygens (including phenoxy) is 1. The first-order chi connectivity index (χ1) is 9.15. The normalized spacial score (nSPS) is 9.79. The predicted octanol–water partition coefficient (Wildman–Crippen LogP) is 0.508. The fourth-order valence-electron chi connectivity index (χ4n) is 1.40. The molecule has 0 radical (unpaired) electrons. The number of esters is 1. The van der Waals surface area contributed by atoms with Gasteiger partial charge < -0.3 is 21.1 Å². The zero-order chi connectivity index (χ0) is 14.1. The van der Waals surface area contributed by atoms with Crippen LogP contribution in [-0.2, 0) is 22.6 Å². The molecule has 0 atom stereocenters. The number of nitrogens with two attached hydrogens (primary N) is 1. The topological polar surface area (TPSA) is 93.4 Å². The van der Waals surface area contributed by atoms with Gasteiger partial charge in [-0.05, 0) is 18.1 Å². The van der Waals surface area contributed by atoms with Crippen LogP contribution in [0.2, 0.25) is 0 Å². The zero-order valence-corrected chi connectivity index (χ0v) is 10.9. The third kappa shape index (κ3) is 5.87. The van der Waals surface area contributed by atoms with Crippen LogP contribution in [0.4, 0.5) is 4.79 Å². The minimum Gasteiger partial charge on any atom is -0.465 e. The number of urea groups is 1. The van der Waals surface area contributed by atoms with Crippen molar-refractivity contribution in [2.75, 3.05) is 13.2 Å². The van der Waals surface area contributed by atoms with Gasteiger partial charge in [-0.1, -0.05) is 24.3 Å². The molecular weight excluding hydrogens is 246 g/mol. The highest BCUT2D eigenvalue weighted by Crippen LogP contribution is 2.03. The molecule has 0 aliphatic rings. The molecule has 6 heteroatoms. The Hall–Kier alpha value is -2.08. The minimum atomic E-state index is -0.454. The number of carbonyl (C=O) groups is 2. The Labute approximate surface area is 112 Å². The first-order valence-electron chi connectivity index (χ1n) is 6.11. The average Bonchev–Trinajstić information content (AvgIpc) is 2.44. The predicted molar refractivity (Wildman–Crippen MR) is 71.2 cm³/mol. The molecule has 19 heavy (non-hydrogen) atoms. The van der Waals surface area contributed by atoms with E-state index in [4.69, 9.17) is 5.73 Å². The van der Waals surface area contributed by atoms with Gasteiger partial charge in [0.25, 0.3) is 0 Å². The fraction of sp³-hybridized carbons (Fsp3) is 0.385. The van der Waals surface area contributed by atoms with Crippen molar-refractivity contribution in [1.29, 1.82) is 0 Å². The largest absolute Gasteiger partial charge is 0.465 e. The summed E-state index contributed by atoms with van der Waals surface area (Å²) in [6, 6.07) is 7.21. The van der Waals surface area contributed by atoms with Crippen molar-refractivity contribution in [3.63, 3.8) is 0 Å². The molecule has 0 saturated carbocycles. The van der Waals surface area contributed by atoms with E-state index in [9.17, 15) is 9.59 Å². The van der Waals surface area contributed by atoms with Crippen molar-refractivity contribution in [1.82, 2.24) is 10.6 Å². The second-order valence-corrected chi connectivity index (χ2v) is 3.86. The van der Waals surface area contributed by atoms with Gasteiger partial charge in [-0.3, -0.25) is 4.79 Å². The van der Waals surface area contributed by atoms with E-state index in [1.54, 1.807) is 6.92 Å². The summed E-state index contributed by atoms with van der Waals surface area (Å²) in [5.41, 5.74) is 7.49. The lowest BCUT2D eigenvalue weighted by atomic mass is 10.1. The Morgan fingerprint density at radius 2 is 1.79 bits per heavy atom. The summed E-state index contributed by atoms with van der Waals surface area (Å²) in [5.74, 6) is -0.454. The van der Waals surface area contributed by atoms with Gasteiger partial charge >= 0.3 is 12.0 Å². The van der Waals surface area contributed by atoms with Gasteiger partial charge in [0, 0.05) is 13.1 Å². The summed E-state index contributed by atoms with van der Waals surface area (Å²) in [5, 5.41) is 5.06. The highest BCUT2D eigenvalue weighted by Gasteiger charge is 2.05. The van der Waals surface area contributed by atoms with Crippen LogP contribution >= 0.6 is 0 Å². The third-order valence-electron chi connectivity index (χ3n) is 2.41. The van der Waals surface area contributed by atoms with Gasteiger partial charge in [0.15, 0.2) is 0 Å². The standard InChI is InChI=1S/C13H19N3O3/c1-2-19-12(17)9-16-13(18)15-8-11-5-3-10(7-14)4-6-11/h3-6H,2,7-9,14H2,1H3,(H2,15,16,18). The molecular formula is C13H19N3O3. The molecule has 0 unspecified atom stereocenters. The summed E-state index contributed by atoms with van der Waals surface area (Å²) in [7, 11) is 0. The van der Waals surface area contributed by atoms with Gasteiger partial charge in [-0.2, -0.15) is 0 Å². The Morgan fingerprint density at radius 1 is 1.16 bits per heavy atom. The zero-order valence-electron chi connectivity index (χ0n) is 10.9. The summed E-state index contributed by atoms with van der Waals surface area (Å²) in [6.45, 7) is 2.76. The molecule has 0 bridgehead atoms. The second-order valence-electron chi connectivity index (χ2n) is 3.86. The molecule has 1 rings (SSSR count). The molecule has 104 valence electrons. The summed E-state index contributed by atoms with van der Waals surface area (Å²) >= 11 is 0. The number of carbonyl (C=O) groups excluding carboxylic acids is 2. The molecule has 2 amide bonds. The lowest BCUT2D eigenvalue weighted by Gasteiger charge is -2.07. The molecule has 0 saturated heterocycles. The SMILES string of the molecule is CCOC(=O)CNC(=O)NCc1ccc(CN)cc1. The van der Waals surface area contributed by atoms with Crippen LogP contribution in [0.25, 0.3) is 0 Å². The van der Waals surface area contributed by atoms with E-state index >= 15 is 0 Å². The highest BCUT2D eigenvalue weighted by molar-refractivity contribution is 5.80. The van der Waals surface area contributed by atoms with E-state index in [0.717, 1.165) is 11.1 Å². The van der Waals surface area contributed by atoms with Crippen LogP contribution in [0.15, 0.2) is 24.3 Å². The molecule has 0 fully saturated rings. The van der Waals surface area contributed by atoms with E-state index in [0.29, 0.717) is 19.7 Å². The summed E-state index contributed by atoms with van der Waals surface area (Å²) in [6.07, 6.45) is 0. The average molecular weight is 265 g/mol. The van der Waals surface area contributed by atoms with Crippen LogP contribution in [0.5, 0.6) is 0 Å². The van der Waals surface area contributed by atoms with Crippen LogP contribution in [-0.4, -0.2) is 25.2 Å². The molecule has 0 aromatic heterocycles. The Bertz CT molecular complexity index is 418. The van der Waals surface area contributed by atoms with Crippen molar-refractivity contribution in [3.8, 4) is 0 Å². The Balaban J connectivity index is 2.27. The maximum Gasteiger partial charge on any atom is 0.325 e. The van der Waals surface area contributed by atoms with Crippen LogP contribution in [0, 0.1) is 0 Å². The number of hydrogen-bond acceptors (Lipinski definition) is 4. The molecule has 1 aromatic rings. The molecule has 4 N–H and O–H groups in total. The Kier molecular flexibility index (Phi) is 6.38. The quantitative estimate of drug-likeness (QED) is 0.653. The molecule has 0 aliphatic carbocycles. The smallest absolute Gasteiger partial charge is 0.325 e. The number of nitrogens with one attached hydrogen (secondary N) is 2. The molecule has 0 spiro atoms. The number of rotatable bonds is 6. The molecule has 1 aromatic carbocycles. The van der Waals surface area contributed by atoms with Crippen LogP contribution in [0.1, 0.15) is 18.1 Å². The van der Waals surface area contributed by atoms with E-state index in [1.807, 2.05) is 24.3 Å². The molecule has 0 heterocycles. The van der Waals surface area contributed by atoms with Crippen molar-refractivity contribution < 1.29 is 14.3 Å². The van der Waals surface area contributed by atoms with Crippen LogP contribution < -0.4 is 16.4 Å². The van der Waals surface area contributed by atoms with E-state index < -0.39 is 12.0 Å². The maximum absolute atomic E-state index is 11.4. The van der Waals surface area contributed by atoms with Gasteiger partial charge in [0.2, 0.25) is 0 Å². The van der Waals surface area contributed by atoms with E-state index in [1.165, 1.54) is 0 Å². The lowest BCUT2D eigenvalue weighted by Crippen LogP contribution is -2.38. The minimum absolute atomic E-state index is 0.133. The van der Waals surface area contributed by atoms with Gasteiger partial charge in [-0.15, -0.1) is 0 Å². The van der Waals surface area contributed by atoms with Crippen molar-refractivity contribution >= 4 is 12.0 Å². The number of amides is 2. The summed E-state index contributed by atoms with van der Waals surface area (Å²) < 4.78 is 4.69. The van der Waals surface area contributed by atoms with Crippen molar-refractivity contribution in [3.05, 3.63) is 35.4 Å². The summed E-state index contributed by atoms with van der Waals surface area (Å²) in [4.78, 5) is 22.4. The monoisotopic (exact) mass is 265 g/mol.